The van der Waals surface area contributed by atoms with Crippen molar-refractivity contribution in [2.24, 2.45) is 0 Å². The molecule has 2 fully saturated rings. The Hall–Kier alpha value is -1.81. The highest BCUT2D eigenvalue weighted by Gasteiger charge is 2.34. The number of nitrogens with zero attached hydrogens (tertiary/aromatic N) is 1. The van der Waals surface area contributed by atoms with Crippen molar-refractivity contribution in [2.45, 2.75) is 50.6 Å². The SMILES string of the molecule is O=C(Cc1coc2ccccc12)NC1CC(N2CCCCC2)C1. The van der Waals surface area contributed by atoms with Gasteiger partial charge in [-0.2, -0.15) is 0 Å². The first-order valence-corrected chi connectivity index (χ1v) is 8.78. The second kappa shape index (κ2) is 6.36. The monoisotopic (exact) mass is 312 g/mol. The number of likely N-dealkylation sites (tertiary alicyclic amines) is 1. The van der Waals surface area contributed by atoms with Gasteiger partial charge in [0.05, 0.1) is 12.7 Å². The molecular weight excluding hydrogens is 288 g/mol. The highest BCUT2D eigenvalue weighted by molar-refractivity contribution is 5.87. The maximum Gasteiger partial charge on any atom is 0.224 e. The molecule has 0 atom stereocenters. The Morgan fingerprint density at radius 1 is 1.17 bits per heavy atom. The van der Waals surface area contributed by atoms with E-state index in [1.165, 1.54) is 32.4 Å². The lowest BCUT2D eigenvalue weighted by molar-refractivity contribution is -0.122. The first-order valence-electron chi connectivity index (χ1n) is 8.78. The largest absolute Gasteiger partial charge is 0.464 e. The summed E-state index contributed by atoms with van der Waals surface area (Å²) in [5.74, 6) is 0.110. The Morgan fingerprint density at radius 3 is 2.78 bits per heavy atom. The molecule has 122 valence electrons. The van der Waals surface area contributed by atoms with E-state index in [0.29, 0.717) is 18.5 Å². The van der Waals surface area contributed by atoms with E-state index in [1.807, 2.05) is 24.3 Å². The smallest absolute Gasteiger partial charge is 0.224 e. The number of rotatable bonds is 4. The summed E-state index contributed by atoms with van der Waals surface area (Å²) in [5.41, 5.74) is 1.83. The summed E-state index contributed by atoms with van der Waals surface area (Å²) < 4.78 is 5.50. The average molecular weight is 312 g/mol. The molecule has 4 heteroatoms. The van der Waals surface area contributed by atoms with Crippen molar-refractivity contribution in [1.82, 2.24) is 10.2 Å². The van der Waals surface area contributed by atoms with Crippen molar-refractivity contribution in [1.29, 1.82) is 0 Å². The van der Waals surface area contributed by atoms with Gasteiger partial charge in [-0.3, -0.25) is 4.79 Å². The molecule has 0 spiro atoms. The molecule has 0 radical (unpaired) electrons. The van der Waals surface area contributed by atoms with E-state index < -0.39 is 0 Å². The molecule has 2 heterocycles. The van der Waals surface area contributed by atoms with Crippen molar-refractivity contribution in [3.63, 3.8) is 0 Å². The Kier molecular flexibility index (Phi) is 4.08. The van der Waals surface area contributed by atoms with Gasteiger partial charge in [0.1, 0.15) is 5.58 Å². The predicted molar refractivity (Wildman–Crippen MR) is 90.3 cm³/mol. The van der Waals surface area contributed by atoms with Gasteiger partial charge in [-0.05, 0) is 44.8 Å². The van der Waals surface area contributed by atoms with Crippen molar-refractivity contribution in [2.75, 3.05) is 13.1 Å². The maximum absolute atomic E-state index is 12.3. The number of carbonyl (C=O) groups excluding carboxylic acids is 1. The predicted octanol–water partition coefficient (Wildman–Crippen LogP) is 3.11. The number of furan rings is 1. The summed E-state index contributed by atoms with van der Waals surface area (Å²) in [6, 6.07) is 8.92. The minimum Gasteiger partial charge on any atom is -0.464 e. The first-order chi connectivity index (χ1) is 11.3. The minimum atomic E-state index is 0.110. The third-order valence-electron chi connectivity index (χ3n) is 5.30. The summed E-state index contributed by atoms with van der Waals surface area (Å²) in [7, 11) is 0. The van der Waals surface area contributed by atoms with Crippen molar-refractivity contribution >= 4 is 16.9 Å². The second-order valence-electron chi connectivity index (χ2n) is 6.92. The molecule has 4 rings (SSSR count). The van der Waals surface area contributed by atoms with E-state index in [0.717, 1.165) is 29.4 Å². The van der Waals surface area contributed by atoms with Crippen molar-refractivity contribution < 1.29 is 9.21 Å². The number of benzene rings is 1. The molecule has 1 aromatic heterocycles. The van der Waals surface area contributed by atoms with Crippen LogP contribution in [0.4, 0.5) is 0 Å². The fraction of sp³-hybridized carbons (Fsp3) is 0.526. The normalized spacial score (nSPS) is 25.2. The van der Waals surface area contributed by atoms with Crippen LogP contribution in [0.15, 0.2) is 34.9 Å². The number of carbonyl (C=O) groups is 1. The molecule has 2 aliphatic rings. The summed E-state index contributed by atoms with van der Waals surface area (Å²) in [4.78, 5) is 14.9. The molecule has 2 aromatic rings. The van der Waals surface area contributed by atoms with Gasteiger partial charge < -0.3 is 14.6 Å². The summed E-state index contributed by atoms with van der Waals surface area (Å²) in [6.45, 7) is 2.48. The molecule has 1 N–H and O–H groups in total. The fourth-order valence-corrected chi connectivity index (χ4v) is 3.91. The van der Waals surface area contributed by atoms with Gasteiger partial charge in [0, 0.05) is 23.0 Å². The van der Waals surface area contributed by atoms with Gasteiger partial charge in [-0.15, -0.1) is 0 Å². The van der Waals surface area contributed by atoms with E-state index in [9.17, 15) is 4.79 Å². The highest BCUT2D eigenvalue weighted by Crippen LogP contribution is 2.28. The third-order valence-corrected chi connectivity index (χ3v) is 5.30. The highest BCUT2D eigenvalue weighted by atomic mass is 16.3. The van der Waals surface area contributed by atoms with Crippen LogP contribution in [-0.4, -0.2) is 36.0 Å². The van der Waals surface area contributed by atoms with Crippen LogP contribution >= 0.6 is 0 Å². The van der Waals surface area contributed by atoms with Gasteiger partial charge >= 0.3 is 0 Å². The Bertz CT molecular complexity index is 681. The van der Waals surface area contributed by atoms with Crippen LogP contribution in [0.3, 0.4) is 0 Å². The molecule has 1 aliphatic heterocycles. The zero-order valence-corrected chi connectivity index (χ0v) is 13.5. The lowest BCUT2D eigenvalue weighted by Gasteiger charge is -2.44. The van der Waals surface area contributed by atoms with Gasteiger partial charge in [-0.25, -0.2) is 0 Å². The number of hydrogen-bond donors (Lipinski definition) is 1. The Labute approximate surface area is 136 Å². The van der Waals surface area contributed by atoms with Crippen LogP contribution in [0.2, 0.25) is 0 Å². The Morgan fingerprint density at radius 2 is 1.96 bits per heavy atom. The standard InChI is InChI=1S/C19H24N2O2/c22-19(10-14-13-23-18-7-3-2-6-17(14)18)20-15-11-16(12-15)21-8-4-1-5-9-21/h2-3,6-7,13,15-16H,1,4-5,8-12H2,(H,20,22). The maximum atomic E-state index is 12.3. The van der Waals surface area contributed by atoms with Crippen LogP contribution in [0.5, 0.6) is 0 Å². The van der Waals surface area contributed by atoms with Crippen LogP contribution in [0.1, 0.15) is 37.7 Å². The molecule has 1 aliphatic carbocycles. The van der Waals surface area contributed by atoms with E-state index >= 15 is 0 Å². The summed E-state index contributed by atoms with van der Waals surface area (Å²) in [6.07, 6.45) is 8.38. The van der Waals surface area contributed by atoms with Crippen molar-refractivity contribution in [3.05, 3.63) is 36.1 Å². The van der Waals surface area contributed by atoms with Crippen LogP contribution in [0.25, 0.3) is 11.0 Å². The summed E-state index contributed by atoms with van der Waals surface area (Å²) in [5, 5.41) is 4.23. The van der Waals surface area contributed by atoms with Gasteiger partial charge in [0.2, 0.25) is 5.91 Å². The summed E-state index contributed by atoms with van der Waals surface area (Å²) >= 11 is 0. The quantitative estimate of drug-likeness (QED) is 0.943. The fourth-order valence-electron chi connectivity index (χ4n) is 3.91. The molecule has 23 heavy (non-hydrogen) atoms. The number of fused-ring (bicyclic) bond motifs is 1. The number of nitrogens with one attached hydrogen (secondary N) is 1. The lowest BCUT2D eigenvalue weighted by Crippen LogP contribution is -2.55. The molecule has 0 unspecified atom stereocenters. The lowest BCUT2D eigenvalue weighted by atomic mass is 9.84. The van der Waals surface area contributed by atoms with Crippen molar-refractivity contribution in [3.8, 4) is 0 Å². The molecular formula is C19H24N2O2. The van der Waals surface area contributed by atoms with E-state index in [1.54, 1.807) is 6.26 Å². The van der Waals surface area contributed by atoms with Gasteiger partial charge in [0.15, 0.2) is 0 Å². The topological polar surface area (TPSA) is 45.5 Å². The number of hydrogen-bond acceptors (Lipinski definition) is 3. The molecule has 1 aromatic carbocycles. The second-order valence-corrected chi connectivity index (χ2v) is 6.92. The van der Waals surface area contributed by atoms with E-state index in [-0.39, 0.29) is 5.91 Å². The first kappa shape index (κ1) is 14.8. The zero-order valence-electron chi connectivity index (χ0n) is 13.5. The molecule has 1 saturated carbocycles. The average Bonchev–Trinajstić information content (AvgIpc) is 2.94. The molecule has 0 bridgehead atoms. The zero-order chi connectivity index (χ0) is 15.6. The van der Waals surface area contributed by atoms with Gasteiger partial charge in [0.25, 0.3) is 0 Å². The number of amides is 1. The van der Waals surface area contributed by atoms with Crippen LogP contribution in [0, 0.1) is 0 Å². The minimum absolute atomic E-state index is 0.110. The molecule has 4 nitrogen and oxygen atoms in total. The third kappa shape index (κ3) is 3.13. The van der Waals surface area contributed by atoms with Crippen LogP contribution in [-0.2, 0) is 11.2 Å². The van der Waals surface area contributed by atoms with Crippen LogP contribution < -0.4 is 5.32 Å². The van der Waals surface area contributed by atoms with Gasteiger partial charge in [-0.1, -0.05) is 24.6 Å². The van der Waals surface area contributed by atoms with E-state index in [4.69, 9.17) is 4.42 Å². The molecule has 1 saturated heterocycles. The Balaban J connectivity index is 1.28. The van der Waals surface area contributed by atoms with E-state index in [2.05, 4.69) is 10.2 Å². The molecule has 1 amide bonds. The number of piperidine rings is 1. The number of para-hydroxylation sites is 1.